The van der Waals surface area contributed by atoms with Crippen molar-refractivity contribution in [2.45, 2.75) is 57.7 Å². The quantitative estimate of drug-likeness (QED) is 0.762. The fourth-order valence-electron chi connectivity index (χ4n) is 3.59. The largest absolute Gasteiger partial charge is 0.395 e. The Morgan fingerprint density at radius 1 is 1.35 bits per heavy atom. The highest BCUT2D eigenvalue weighted by Crippen LogP contribution is 2.39. The summed E-state index contributed by atoms with van der Waals surface area (Å²) in [7, 11) is 0. The van der Waals surface area contributed by atoms with Crippen LogP contribution in [0.1, 0.15) is 39.5 Å². The minimum atomic E-state index is 0.0312. The molecule has 0 aromatic heterocycles. The molecular weight excluding hydrogens is 216 g/mol. The Morgan fingerprint density at radius 2 is 1.94 bits per heavy atom. The SMILES string of the molecule is CC(C)N1[C@@H]2CC[C@H]1C[C@H](C(=O)NCCO)C2. The summed E-state index contributed by atoms with van der Waals surface area (Å²) in [6.07, 6.45) is 4.47. The van der Waals surface area contributed by atoms with Crippen molar-refractivity contribution in [1.82, 2.24) is 10.2 Å². The van der Waals surface area contributed by atoms with Crippen molar-refractivity contribution in [1.29, 1.82) is 0 Å². The Morgan fingerprint density at radius 3 is 2.41 bits per heavy atom. The molecule has 2 saturated heterocycles. The smallest absolute Gasteiger partial charge is 0.223 e. The number of hydrogen-bond acceptors (Lipinski definition) is 3. The number of hydrogen-bond donors (Lipinski definition) is 2. The molecule has 2 aliphatic heterocycles. The fourth-order valence-corrected chi connectivity index (χ4v) is 3.59. The van der Waals surface area contributed by atoms with Gasteiger partial charge in [0.05, 0.1) is 6.61 Å². The summed E-state index contributed by atoms with van der Waals surface area (Å²) in [6, 6.07) is 1.78. The number of aliphatic hydroxyl groups is 1. The first kappa shape index (κ1) is 12.8. The lowest BCUT2D eigenvalue weighted by atomic mass is 9.89. The van der Waals surface area contributed by atoms with Gasteiger partial charge in [-0.05, 0) is 39.5 Å². The van der Waals surface area contributed by atoms with E-state index in [9.17, 15) is 4.79 Å². The van der Waals surface area contributed by atoms with Gasteiger partial charge in [-0.15, -0.1) is 0 Å². The molecule has 0 unspecified atom stereocenters. The monoisotopic (exact) mass is 240 g/mol. The Balaban J connectivity index is 1.93. The van der Waals surface area contributed by atoms with Crippen LogP contribution in [-0.2, 0) is 4.79 Å². The van der Waals surface area contributed by atoms with E-state index >= 15 is 0 Å². The highest BCUT2D eigenvalue weighted by molar-refractivity contribution is 5.78. The van der Waals surface area contributed by atoms with Gasteiger partial charge in [0.25, 0.3) is 0 Å². The standard InChI is InChI=1S/C13H24N2O2/c1-9(2)15-11-3-4-12(15)8-10(7-11)13(17)14-5-6-16/h9-12,16H,3-8H2,1-2H3,(H,14,17)/t10-,11-,12+. The van der Waals surface area contributed by atoms with Crippen LogP contribution in [0.5, 0.6) is 0 Å². The van der Waals surface area contributed by atoms with E-state index in [2.05, 4.69) is 24.1 Å². The van der Waals surface area contributed by atoms with E-state index in [1.165, 1.54) is 12.8 Å². The second-order valence-corrected chi connectivity index (χ2v) is 5.61. The molecule has 0 aromatic carbocycles. The van der Waals surface area contributed by atoms with Gasteiger partial charge in [0, 0.05) is 30.6 Å². The molecule has 0 aliphatic carbocycles. The number of aliphatic hydroxyl groups excluding tert-OH is 1. The molecule has 2 bridgehead atoms. The van der Waals surface area contributed by atoms with Crippen molar-refractivity contribution < 1.29 is 9.90 Å². The lowest BCUT2D eigenvalue weighted by molar-refractivity contribution is -0.127. The van der Waals surface area contributed by atoms with Crippen LogP contribution in [0.3, 0.4) is 0 Å². The normalized spacial score (nSPS) is 33.1. The third-order valence-corrected chi connectivity index (χ3v) is 4.17. The molecule has 3 atom stereocenters. The van der Waals surface area contributed by atoms with Crippen molar-refractivity contribution in [3.63, 3.8) is 0 Å². The maximum Gasteiger partial charge on any atom is 0.223 e. The van der Waals surface area contributed by atoms with Crippen molar-refractivity contribution >= 4 is 5.91 Å². The number of nitrogens with one attached hydrogen (secondary N) is 1. The van der Waals surface area contributed by atoms with Crippen LogP contribution in [0, 0.1) is 5.92 Å². The van der Waals surface area contributed by atoms with Gasteiger partial charge in [0.1, 0.15) is 0 Å². The number of nitrogens with zero attached hydrogens (tertiary/aromatic N) is 1. The molecule has 0 saturated carbocycles. The summed E-state index contributed by atoms with van der Waals surface area (Å²) in [6.45, 7) is 4.91. The van der Waals surface area contributed by atoms with E-state index in [0.29, 0.717) is 24.7 Å². The number of rotatable bonds is 4. The molecule has 1 amide bonds. The molecule has 0 spiro atoms. The highest BCUT2D eigenvalue weighted by atomic mass is 16.3. The van der Waals surface area contributed by atoms with Crippen LogP contribution < -0.4 is 5.32 Å². The zero-order valence-corrected chi connectivity index (χ0v) is 10.9. The third kappa shape index (κ3) is 2.63. The van der Waals surface area contributed by atoms with E-state index in [-0.39, 0.29) is 18.4 Å². The van der Waals surface area contributed by atoms with E-state index in [1.54, 1.807) is 0 Å². The average Bonchev–Trinajstić information content (AvgIpc) is 2.57. The molecule has 4 heteroatoms. The first-order valence-corrected chi connectivity index (χ1v) is 6.79. The zero-order chi connectivity index (χ0) is 12.4. The lowest BCUT2D eigenvalue weighted by Crippen LogP contribution is -2.49. The Bertz CT molecular complexity index is 267. The second kappa shape index (κ2) is 5.36. The van der Waals surface area contributed by atoms with Gasteiger partial charge in [0.2, 0.25) is 5.91 Å². The molecule has 2 fully saturated rings. The Labute approximate surface area is 103 Å². The molecule has 0 aromatic rings. The Kier molecular flexibility index (Phi) is 4.05. The summed E-state index contributed by atoms with van der Waals surface area (Å²) in [4.78, 5) is 14.5. The van der Waals surface area contributed by atoms with Crippen LogP contribution in [0.15, 0.2) is 0 Å². The van der Waals surface area contributed by atoms with Crippen LogP contribution in [-0.4, -0.2) is 47.2 Å². The van der Waals surface area contributed by atoms with E-state index in [4.69, 9.17) is 5.11 Å². The summed E-state index contributed by atoms with van der Waals surface area (Å²) in [5.41, 5.74) is 0. The van der Waals surface area contributed by atoms with Crippen molar-refractivity contribution in [3.05, 3.63) is 0 Å². The highest BCUT2D eigenvalue weighted by Gasteiger charge is 2.43. The maximum atomic E-state index is 11.9. The maximum absolute atomic E-state index is 11.9. The molecular formula is C13H24N2O2. The molecule has 0 radical (unpaired) electrons. The lowest BCUT2D eigenvalue weighted by Gasteiger charge is -2.41. The number of piperidine rings is 1. The van der Waals surface area contributed by atoms with Crippen LogP contribution >= 0.6 is 0 Å². The molecule has 98 valence electrons. The van der Waals surface area contributed by atoms with Gasteiger partial charge in [-0.2, -0.15) is 0 Å². The third-order valence-electron chi connectivity index (χ3n) is 4.17. The van der Waals surface area contributed by atoms with E-state index in [0.717, 1.165) is 12.8 Å². The topological polar surface area (TPSA) is 52.6 Å². The summed E-state index contributed by atoms with van der Waals surface area (Å²) in [5, 5.41) is 11.5. The molecule has 2 aliphatic rings. The van der Waals surface area contributed by atoms with Gasteiger partial charge < -0.3 is 10.4 Å². The van der Waals surface area contributed by atoms with E-state index < -0.39 is 0 Å². The number of carbonyl (C=O) groups is 1. The summed E-state index contributed by atoms with van der Waals surface area (Å²) in [5.74, 6) is 0.299. The zero-order valence-electron chi connectivity index (χ0n) is 10.9. The molecule has 2 N–H and O–H groups in total. The summed E-state index contributed by atoms with van der Waals surface area (Å²) < 4.78 is 0. The molecule has 2 rings (SSSR count). The Hall–Kier alpha value is -0.610. The van der Waals surface area contributed by atoms with Gasteiger partial charge in [-0.25, -0.2) is 0 Å². The first-order valence-electron chi connectivity index (χ1n) is 6.79. The van der Waals surface area contributed by atoms with Gasteiger partial charge in [-0.3, -0.25) is 9.69 Å². The number of amides is 1. The van der Waals surface area contributed by atoms with E-state index in [1.807, 2.05) is 0 Å². The molecule has 2 heterocycles. The van der Waals surface area contributed by atoms with Crippen LogP contribution in [0.2, 0.25) is 0 Å². The molecule has 4 nitrogen and oxygen atoms in total. The number of fused-ring (bicyclic) bond motifs is 2. The molecule has 17 heavy (non-hydrogen) atoms. The van der Waals surface area contributed by atoms with Crippen LogP contribution in [0.4, 0.5) is 0 Å². The predicted molar refractivity (Wildman–Crippen MR) is 66.6 cm³/mol. The van der Waals surface area contributed by atoms with Gasteiger partial charge in [-0.1, -0.05) is 0 Å². The van der Waals surface area contributed by atoms with Crippen molar-refractivity contribution in [3.8, 4) is 0 Å². The van der Waals surface area contributed by atoms with Gasteiger partial charge in [0.15, 0.2) is 0 Å². The predicted octanol–water partition coefficient (Wildman–Crippen LogP) is 0.746. The number of carbonyl (C=O) groups excluding carboxylic acids is 1. The fraction of sp³-hybridized carbons (Fsp3) is 0.923. The second-order valence-electron chi connectivity index (χ2n) is 5.61. The summed E-state index contributed by atoms with van der Waals surface area (Å²) >= 11 is 0. The van der Waals surface area contributed by atoms with Crippen molar-refractivity contribution in [2.75, 3.05) is 13.2 Å². The minimum absolute atomic E-state index is 0.0312. The average molecular weight is 240 g/mol. The van der Waals surface area contributed by atoms with Crippen molar-refractivity contribution in [2.24, 2.45) is 5.92 Å². The minimum Gasteiger partial charge on any atom is -0.395 e. The van der Waals surface area contributed by atoms with Gasteiger partial charge >= 0.3 is 0 Å². The first-order chi connectivity index (χ1) is 8.13. The van der Waals surface area contributed by atoms with Crippen LogP contribution in [0.25, 0.3) is 0 Å².